The Hall–Kier alpha value is -0.0262. The van der Waals surface area contributed by atoms with Gasteiger partial charge in [0.15, 0.2) is 0 Å². The third-order valence-corrected chi connectivity index (χ3v) is 10.8. The minimum Gasteiger partial charge on any atom is -0.377 e. The van der Waals surface area contributed by atoms with Gasteiger partial charge >= 0.3 is 17.6 Å². The van der Waals surface area contributed by atoms with Gasteiger partial charge in [-0.15, -0.1) is 0 Å². The van der Waals surface area contributed by atoms with Crippen LogP contribution in [0.1, 0.15) is 19.3 Å². The number of rotatable bonds is 17. The number of carbonyl (C=O) groups is 2. The van der Waals surface area contributed by atoms with E-state index in [2.05, 4.69) is 19.2 Å². The minimum absolute atomic E-state index is 0.631. The Balaban J connectivity index is -0.000000425. The van der Waals surface area contributed by atoms with Crippen LogP contribution in [0, 0.1) is 0 Å². The molecule has 0 unspecified atom stereocenters. The highest BCUT2D eigenvalue weighted by Gasteiger charge is 2.37. The molecule has 0 saturated carbocycles. The molecule has 0 aromatic carbocycles. The molecular weight excluding hydrogens is 464 g/mol. The van der Waals surface area contributed by atoms with E-state index in [1.165, 1.54) is 6.08 Å². The smallest absolute Gasteiger partial charge is 0.377 e. The summed E-state index contributed by atoms with van der Waals surface area (Å²) in [6.45, 7) is 3.11. The summed E-state index contributed by atoms with van der Waals surface area (Å²) in [5.74, 6) is 2.74. The van der Waals surface area contributed by atoms with Crippen LogP contribution in [0.25, 0.3) is 0 Å². The van der Waals surface area contributed by atoms with Crippen molar-refractivity contribution < 1.29 is 36.1 Å². The first kappa shape index (κ1) is 34.6. The summed E-state index contributed by atoms with van der Waals surface area (Å²) in [6.07, 6.45) is 5.37. The number of allylic oxidation sites excluding steroid dienone is 1. The van der Waals surface area contributed by atoms with Crippen molar-refractivity contribution >= 4 is 54.6 Å². The monoisotopic (exact) mass is 504 g/mol. The first-order valence-electron chi connectivity index (χ1n) is 9.40. The van der Waals surface area contributed by atoms with Crippen LogP contribution in [0.2, 0.25) is 12.1 Å². The van der Waals surface area contributed by atoms with Gasteiger partial charge in [0.05, 0.1) is 0 Å². The van der Waals surface area contributed by atoms with Gasteiger partial charge < -0.3 is 31.4 Å². The Labute approximate surface area is 194 Å². The Kier molecular flexibility index (Phi) is 29.1. The predicted molar refractivity (Wildman–Crippen MR) is 131 cm³/mol. The van der Waals surface area contributed by atoms with Gasteiger partial charge in [-0.05, 0) is 36.2 Å². The summed E-state index contributed by atoms with van der Waals surface area (Å²) in [5.41, 5.74) is 0. The maximum atomic E-state index is 10.1. The van der Waals surface area contributed by atoms with Gasteiger partial charge in [-0.3, -0.25) is 4.79 Å². The Morgan fingerprint density at radius 2 is 1.20 bits per heavy atom. The second kappa shape index (κ2) is 25.2. The van der Waals surface area contributed by atoms with Crippen LogP contribution in [0.4, 0.5) is 0 Å². The van der Waals surface area contributed by atoms with Crippen molar-refractivity contribution in [2.45, 2.75) is 31.4 Å². The summed E-state index contributed by atoms with van der Waals surface area (Å²) in [7, 11) is 5.08. The number of thioether (sulfide) groups is 1. The normalized spacial score (nSPS) is 10.9. The molecule has 0 amide bonds. The Bertz CT molecular complexity index is 376. The van der Waals surface area contributed by atoms with Crippen LogP contribution in [0.3, 0.4) is 0 Å². The molecule has 0 aliphatic carbocycles. The number of carbonyl (C=O) groups excluding carboxylic acids is 2. The molecule has 0 aromatic heterocycles. The van der Waals surface area contributed by atoms with E-state index >= 15 is 0 Å². The van der Waals surface area contributed by atoms with Gasteiger partial charge in [-0.1, -0.05) is 6.58 Å². The summed E-state index contributed by atoms with van der Waals surface area (Å²) in [6, 6.07) is 1.66. The number of hydrogen-bond donors (Lipinski definition) is 1. The van der Waals surface area contributed by atoms with Gasteiger partial charge in [0, 0.05) is 61.2 Å². The van der Waals surface area contributed by atoms with Crippen molar-refractivity contribution in [1.29, 1.82) is 0 Å². The highest BCUT2D eigenvalue weighted by Crippen LogP contribution is 2.17. The van der Waals surface area contributed by atoms with E-state index in [4.69, 9.17) is 31.4 Å². The first-order chi connectivity index (χ1) is 14.4. The molecule has 0 aliphatic heterocycles. The quantitative estimate of drug-likeness (QED) is 0.105. The fourth-order valence-corrected chi connectivity index (χ4v) is 7.00. The lowest BCUT2D eigenvalue weighted by atomic mass is 10.6. The van der Waals surface area contributed by atoms with Gasteiger partial charge in [0.2, 0.25) is 0 Å². The zero-order chi connectivity index (χ0) is 23.7. The fraction of sp³-hybridized carbons (Fsp3) is 0.778. The van der Waals surface area contributed by atoms with Gasteiger partial charge in [-0.2, -0.15) is 24.4 Å². The summed E-state index contributed by atoms with van der Waals surface area (Å²) < 4.78 is 31.5. The predicted octanol–water partition coefficient (Wildman–Crippen LogP) is 3.13. The van der Waals surface area contributed by atoms with Crippen molar-refractivity contribution in [1.82, 2.24) is 0 Å². The van der Waals surface area contributed by atoms with Crippen molar-refractivity contribution in [3.05, 3.63) is 12.7 Å². The fourth-order valence-electron chi connectivity index (χ4n) is 2.03. The first-order valence-corrected chi connectivity index (χ1v) is 15.0. The van der Waals surface area contributed by atoms with Crippen LogP contribution >= 0.6 is 24.4 Å². The maximum absolute atomic E-state index is 10.1. The number of thiol groups is 1. The van der Waals surface area contributed by atoms with E-state index in [0.29, 0.717) is 12.7 Å². The molecule has 12 heteroatoms. The minimum atomic E-state index is -2.37. The summed E-state index contributed by atoms with van der Waals surface area (Å²) in [5, 5.41) is 0. The highest BCUT2D eigenvalue weighted by atomic mass is 32.2. The average molecular weight is 505 g/mol. The number of hydrogen-bond acceptors (Lipinski definition) is 10. The summed E-state index contributed by atoms with van der Waals surface area (Å²) >= 11 is 5.88. The van der Waals surface area contributed by atoms with Crippen molar-refractivity contribution in [3.8, 4) is 0 Å². The van der Waals surface area contributed by atoms with Crippen LogP contribution in [-0.2, 0) is 36.1 Å². The molecule has 0 atom stereocenters. The third-order valence-electron chi connectivity index (χ3n) is 3.76. The Morgan fingerprint density at radius 3 is 1.50 bits per heavy atom. The van der Waals surface area contributed by atoms with Crippen molar-refractivity contribution in [2.24, 2.45) is 0 Å². The van der Waals surface area contributed by atoms with Gasteiger partial charge in [0.25, 0.3) is 0 Å². The molecule has 0 heterocycles. The lowest BCUT2D eigenvalue weighted by Gasteiger charge is -2.24. The molecule has 0 aliphatic rings. The second-order valence-electron chi connectivity index (χ2n) is 5.46. The summed E-state index contributed by atoms with van der Waals surface area (Å²) in [4.78, 5) is 19.1. The third kappa shape index (κ3) is 18.7. The molecule has 0 rings (SSSR count). The molecule has 30 heavy (non-hydrogen) atoms. The van der Waals surface area contributed by atoms with Crippen LogP contribution in [0.5, 0.6) is 0 Å². The van der Waals surface area contributed by atoms with E-state index in [1.54, 1.807) is 54.4 Å². The zero-order valence-electron chi connectivity index (χ0n) is 19.2. The lowest BCUT2D eigenvalue weighted by molar-refractivity contribution is -0.107. The SMILES string of the molecule is C=CC=O.CO[Si](CCCS)(OC)OC.CO[Si](CCCSCCC=O)(OC)OC. The van der Waals surface area contributed by atoms with Crippen molar-refractivity contribution in [3.63, 3.8) is 0 Å². The largest absolute Gasteiger partial charge is 0.500 e. The topological polar surface area (TPSA) is 89.5 Å². The van der Waals surface area contributed by atoms with Gasteiger partial charge in [-0.25, -0.2) is 0 Å². The standard InChI is InChI=1S/C9H20O4SSi.C6H16O3SSi.C3H4O/c1-11-15(12-2,13-3)9-5-8-14-7-4-6-10;1-7-11(8-2,9-3)6-4-5-10;1-2-3-4/h6H,4-5,7-9H2,1-3H3;10H,4-6H2,1-3H3;2-3H,1H2. The molecule has 0 saturated heterocycles. The van der Waals surface area contributed by atoms with Crippen molar-refractivity contribution in [2.75, 3.05) is 59.9 Å². The molecule has 0 aromatic rings. The molecule has 0 spiro atoms. The molecule has 0 bridgehead atoms. The van der Waals surface area contributed by atoms with E-state index in [-0.39, 0.29) is 0 Å². The molecule has 0 fully saturated rings. The Morgan fingerprint density at radius 1 is 0.800 bits per heavy atom. The lowest BCUT2D eigenvalue weighted by Crippen LogP contribution is -2.42. The molecule has 8 nitrogen and oxygen atoms in total. The van der Waals surface area contributed by atoms with E-state index in [1.807, 2.05) is 0 Å². The maximum Gasteiger partial charge on any atom is 0.500 e. The van der Waals surface area contributed by atoms with E-state index in [0.717, 1.165) is 48.5 Å². The zero-order valence-corrected chi connectivity index (χ0v) is 22.9. The van der Waals surface area contributed by atoms with Gasteiger partial charge in [0.1, 0.15) is 12.6 Å². The number of aldehydes is 2. The average Bonchev–Trinajstić information content (AvgIpc) is 2.81. The molecular formula is C18H40O8S2Si2. The highest BCUT2D eigenvalue weighted by molar-refractivity contribution is 7.99. The van der Waals surface area contributed by atoms with E-state index in [9.17, 15) is 4.79 Å². The van der Waals surface area contributed by atoms with Crippen LogP contribution in [0.15, 0.2) is 12.7 Å². The second-order valence-corrected chi connectivity index (χ2v) is 13.3. The molecule has 0 radical (unpaired) electrons. The van der Waals surface area contributed by atoms with E-state index < -0.39 is 17.6 Å². The molecule has 0 N–H and O–H groups in total. The van der Waals surface area contributed by atoms with Crippen LogP contribution < -0.4 is 0 Å². The van der Waals surface area contributed by atoms with Crippen LogP contribution in [-0.4, -0.2) is 90.1 Å². The molecule has 180 valence electrons.